The summed E-state index contributed by atoms with van der Waals surface area (Å²) in [5, 5.41) is 2.53. The lowest BCUT2D eigenvalue weighted by molar-refractivity contribution is -0.262. The molecule has 180 valence electrons. The normalized spacial score (nSPS) is 25.0. The molecule has 0 amide bonds. The van der Waals surface area contributed by atoms with Crippen molar-refractivity contribution in [2.75, 3.05) is 6.61 Å². The molecule has 1 aliphatic heterocycles. The predicted octanol–water partition coefficient (Wildman–Crippen LogP) is 8.71. The molecular formula is C34H32O2. The molecule has 1 saturated heterocycles. The first-order valence-corrected chi connectivity index (χ1v) is 13.4. The van der Waals surface area contributed by atoms with Crippen LogP contribution >= 0.6 is 0 Å². The van der Waals surface area contributed by atoms with Gasteiger partial charge in [-0.15, -0.1) is 0 Å². The summed E-state index contributed by atoms with van der Waals surface area (Å²) < 4.78 is 13.8. The Balaban J connectivity index is 1.30. The molecule has 3 atom stereocenters. The van der Waals surface area contributed by atoms with Gasteiger partial charge >= 0.3 is 0 Å². The van der Waals surface area contributed by atoms with Gasteiger partial charge < -0.3 is 9.47 Å². The van der Waals surface area contributed by atoms with E-state index in [2.05, 4.69) is 104 Å². The first-order valence-electron chi connectivity index (χ1n) is 13.4. The molecule has 7 rings (SSSR count). The second-order valence-electron chi connectivity index (χ2n) is 10.6. The Morgan fingerprint density at radius 1 is 0.778 bits per heavy atom. The van der Waals surface area contributed by atoms with E-state index in [1.807, 2.05) is 0 Å². The molecule has 2 nitrogen and oxygen atoms in total. The minimum Gasteiger partial charge on any atom is -0.349 e. The Kier molecular flexibility index (Phi) is 5.16. The summed E-state index contributed by atoms with van der Waals surface area (Å²) in [6, 6.07) is 33.0. The Morgan fingerprint density at radius 3 is 2.17 bits per heavy atom. The van der Waals surface area contributed by atoms with Crippen LogP contribution in [0.15, 0.2) is 97.1 Å². The maximum Gasteiger partial charge on any atom is 0.178 e. The van der Waals surface area contributed by atoms with Crippen molar-refractivity contribution in [2.24, 2.45) is 5.41 Å². The molecular weight excluding hydrogens is 440 g/mol. The zero-order chi connectivity index (χ0) is 24.2. The van der Waals surface area contributed by atoms with Crippen molar-refractivity contribution < 1.29 is 9.47 Å². The van der Waals surface area contributed by atoms with Crippen molar-refractivity contribution in [2.45, 2.75) is 50.9 Å². The van der Waals surface area contributed by atoms with Gasteiger partial charge in [-0.2, -0.15) is 0 Å². The monoisotopic (exact) mass is 472 g/mol. The average molecular weight is 473 g/mol. The quantitative estimate of drug-likeness (QED) is 0.255. The van der Waals surface area contributed by atoms with Crippen LogP contribution in [0.25, 0.3) is 27.5 Å². The average Bonchev–Trinajstić information content (AvgIpc) is 3.55. The van der Waals surface area contributed by atoms with Gasteiger partial charge in [0.1, 0.15) is 0 Å². The van der Waals surface area contributed by atoms with E-state index in [-0.39, 0.29) is 11.5 Å². The Labute approximate surface area is 213 Å². The van der Waals surface area contributed by atoms with Crippen LogP contribution in [0.3, 0.4) is 0 Å². The van der Waals surface area contributed by atoms with Gasteiger partial charge in [0.15, 0.2) is 5.79 Å². The van der Waals surface area contributed by atoms with Gasteiger partial charge in [0.25, 0.3) is 0 Å². The topological polar surface area (TPSA) is 18.5 Å². The summed E-state index contributed by atoms with van der Waals surface area (Å²) >= 11 is 0. The highest BCUT2D eigenvalue weighted by Gasteiger charge is 2.60. The Hall–Kier alpha value is -3.20. The van der Waals surface area contributed by atoms with Crippen molar-refractivity contribution in [1.29, 1.82) is 0 Å². The lowest BCUT2D eigenvalue weighted by Gasteiger charge is -2.40. The number of fused-ring (bicyclic) bond motifs is 5. The van der Waals surface area contributed by atoms with E-state index in [9.17, 15) is 0 Å². The summed E-state index contributed by atoms with van der Waals surface area (Å²) in [6.45, 7) is 2.98. The minimum absolute atomic E-state index is 0.00623. The van der Waals surface area contributed by atoms with E-state index in [1.54, 1.807) is 0 Å². The fourth-order valence-corrected chi connectivity index (χ4v) is 6.98. The maximum absolute atomic E-state index is 7.13. The predicted molar refractivity (Wildman–Crippen MR) is 147 cm³/mol. The molecule has 36 heavy (non-hydrogen) atoms. The first-order chi connectivity index (χ1) is 17.7. The molecule has 2 fully saturated rings. The SMILES string of the molecule is CCC(O[C@@]12CCC[C@]1(C=C1c3ccccc3-c3ccccc31)CCO2)c1ccc2ccccc2c1. The number of ether oxygens (including phenoxy) is 2. The number of rotatable bonds is 5. The molecule has 2 aliphatic carbocycles. The van der Waals surface area contributed by atoms with Crippen LogP contribution in [0, 0.1) is 5.41 Å². The van der Waals surface area contributed by atoms with Gasteiger partial charge in [0, 0.05) is 11.8 Å². The molecule has 3 aliphatic rings. The van der Waals surface area contributed by atoms with Crippen LogP contribution in [-0.4, -0.2) is 12.4 Å². The number of hydrogen-bond acceptors (Lipinski definition) is 2. The van der Waals surface area contributed by atoms with Crippen LogP contribution in [0.4, 0.5) is 0 Å². The molecule has 1 unspecified atom stereocenters. The molecule has 2 heteroatoms. The maximum atomic E-state index is 7.13. The zero-order valence-corrected chi connectivity index (χ0v) is 20.9. The van der Waals surface area contributed by atoms with Crippen LogP contribution in [-0.2, 0) is 9.47 Å². The summed E-state index contributed by atoms with van der Waals surface area (Å²) in [5.41, 5.74) is 7.82. The lowest BCUT2D eigenvalue weighted by Crippen LogP contribution is -2.43. The van der Waals surface area contributed by atoms with Gasteiger partial charge in [-0.05, 0) is 75.9 Å². The molecule has 1 heterocycles. The molecule has 0 bridgehead atoms. The van der Waals surface area contributed by atoms with Crippen LogP contribution in [0.5, 0.6) is 0 Å². The molecule has 4 aromatic carbocycles. The summed E-state index contributed by atoms with van der Waals surface area (Å²) in [7, 11) is 0. The van der Waals surface area contributed by atoms with Gasteiger partial charge in [0.05, 0.1) is 12.7 Å². The first kappa shape index (κ1) is 22.0. The van der Waals surface area contributed by atoms with Crippen molar-refractivity contribution in [3.63, 3.8) is 0 Å². The fraction of sp³-hybridized carbons (Fsp3) is 0.294. The highest BCUT2D eigenvalue weighted by molar-refractivity contribution is 6.01. The van der Waals surface area contributed by atoms with Crippen molar-refractivity contribution in [3.05, 3.63) is 114 Å². The van der Waals surface area contributed by atoms with Gasteiger partial charge in [-0.25, -0.2) is 0 Å². The third-order valence-corrected chi connectivity index (χ3v) is 8.76. The van der Waals surface area contributed by atoms with Gasteiger partial charge in [-0.3, -0.25) is 0 Å². The molecule has 4 aromatic rings. The fourth-order valence-electron chi connectivity index (χ4n) is 6.98. The largest absolute Gasteiger partial charge is 0.349 e. The zero-order valence-electron chi connectivity index (χ0n) is 20.9. The van der Waals surface area contributed by atoms with Crippen molar-refractivity contribution in [3.8, 4) is 11.1 Å². The van der Waals surface area contributed by atoms with E-state index in [4.69, 9.17) is 9.47 Å². The number of hydrogen-bond donors (Lipinski definition) is 0. The smallest absolute Gasteiger partial charge is 0.178 e. The van der Waals surface area contributed by atoms with E-state index in [0.29, 0.717) is 0 Å². The van der Waals surface area contributed by atoms with Crippen LogP contribution in [0.1, 0.15) is 61.8 Å². The van der Waals surface area contributed by atoms with Crippen molar-refractivity contribution in [1.82, 2.24) is 0 Å². The summed E-state index contributed by atoms with van der Waals surface area (Å²) in [5.74, 6) is -0.571. The second-order valence-corrected chi connectivity index (χ2v) is 10.6. The highest BCUT2D eigenvalue weighted by Crippen LogP contribution is 2.60. The third-order valence-electron chi connectivity index (χ3n) is 8.76. The Bertz CT molecular complexity index is 1420. The molecule has 0 N–H and O–H groups in total. The second kappa shape index (κ2) is 8.44. The standard InChI is InChI=1S/C34H32O2/c1-2-32(26-17-16-24-10-3-4-11-25(24)22-26)36-34-19-9-18-33(34,20-21-35-34)23-31-29-14-7-5-12-27(29)28-13-6-8-15-30(28)31/h3-8,10-17,22-23,32H,2,9,18-21H2,1H3/t32?,33-,34+/m1/s1. The highest BCUT2D eigenvalue weighted by atomic mass is 16.7. The minimum atomic E-state index is -0.571. The Morgan fingerprint density at radius 2 is 1.44 bits per heavy atom. The van der Waals surface area contributed by atoms with Gasteiger partial charge in [0.2, 0.25) is 0 Å². The van der Waals surface area contributed by atoms with E-state index in [1.165, 1.54) is 44.2 Å². The molecule has 0 radical (unpaired) electrons. The van der Waals surface area contributed by atoms with Crippen LogP contribution in [0.2, 0.25) is 0 Å². The molecule has 1 saturated carbocycles. The summed E-state index contributed by atoms with van der Waals surface area (Å²) in [4.78, 5) is 0. The van der Waals surface area contributed by atoms with E-state index >= 15 is 0 Å². The number of benzene rings is 4. The van der Waals surface area contributed by atoms with Crippen LogP contribution < -0.4 is 0 Å². The third kappa shape index (κ3) is 3.25. The van der Waals surface area contributed by atoms with Gasteiger partial charge in [-0.1, -0.05) is 97.9 Å². The molecule has 0 spiro atoms. The van der Waals surface area contributed by atoms with E-state index < -0.39 is 5.79 Å². The lowest BCUT2D eigenvalue weighted by atomic mass is 9.77. The van der Waals surface area contributed by atoms with E-state index in [0.717, 1.165) is 38.7 Å². The molecule has 0 aromatic heterocycles. The summed E-state index contributed by atoms with van der Waals surface area (Å²) in [6.07, 6.45) is 7.66. The van der Waals surface area contributed by atoms with Crippen molar-refractivity contribution >= 4 is 16.3 Å².